The van der Waals surface area contributed by atoms with Crippen LogP contribution in [0.4, 0.5) is 0 Å². The molecule has 0 amide bonds. The number of carboxylic acid groups (broad SMARTS) is 1. The van der Waals surface area contributed by atoms with E-state index in [1.807, 2.05) is 6.07 Å². The molecule has 68 valence electrons. The van der Waals surface area contributed by atoms with E-state index in [1.54, 1.807) is 0 Å². The molecule has 0 aliphatic rings. The lowest BCUT2D eigenvalue weighted by Gasteiger charge is -1.95. The minimum Gasteiger partial charge on any atom is -0.478 e. The molecule has 5 heteroatoms. The molecule has 5 nitrogen and oxygen atoms in total. The van der Waals surface area contributed by atoms with E-state index in [1.165, 1.54) is 18.5 Å². The largest absolute Gasteiger partial charge is 0.478 e. The van der Waals surface area contributed by atoms with Crippen LogP contribution in [-0.4, -0.2) is 21.0 Å². The smallest absolute Gasteiger partial charge is 0.336 e. The number of fused-ring (bicyclic) bond motifs is 1. The molecule has 0 unspecified atom stereocenters. The molecule has 0 radical (unpaired) electrons. The van der Waals surface area contributed by atoms with Crippen LogP contribution in [0.15, 0.2) is 18.5 Å². The SMILES string of the molecule is N#Cc1c[nH]c2nccc(C(=O)O)c12. The van der Waals surface area contributed by atoms with Crippen molar-refractivity contribution in [3.8, 4) is 6.07 Å². The summed E-state index contributed by atoms with van der Waals surface area (Å²) in [6.07, 6.45) is 2.84. The Hall–Kier alpha value is -2.35. The number of aromatic nitrogens is 2. The predicted molar refractivity (Wildman–Crippen MR) is 47.8 cm³/mol. The molecule has 2 heterocycles. The van der Waals surface area contributed by atoms with E-state index < -0.39 is 5.97 Å². The summed E-state index contributed by atoms with van der Waals surface area (Å²) in [7, 11) is 0. The summed E-state index contributed by atoms with van der Waals surface area (Å²) in [4.78, 5) is 17.5. The van der Waals surface area contributed by atoms with E-state index >= 15 is 0 Å². The Morgan fingerprint density at radius 2 is 2.43 bits per heavy atom. The molecule has 0 bridgehead atoms. The Morgan fingerprint density at radius 1 is 1.64 bits per heavy atom. The van der Waals surface area contributed by atoms with Crippen LogP contribution in [0, 0.1) is 11.3 Å². The molecule has 0 saturated heterocycles. The van der Waals surface area contributed by atoms with Crippen LogP contribution in [0.25, 0.3) is 11.0 Å². The fourth-order valence-corrected chi connectivity index (χ4v) is 1.32. The number of H-pyrrole nitrogens is 1. The number of carbonyl (C=O) groups is 1. The monoisotopic (exact) mass is 187 g/mol. The lowest BCUT2D eigenvalue weighted by Crippen LogP contribution is -1.97. The maximum absolute atomic E-state index is 10.8. The highest BCUT2D eigenvalue weighted by Crippen LogP contribution is 2.19. The number of nitrogens with one attached hydrogen (secondary N) is 1. The molecule has 0 aliphatic heterocycles. The molecule has 0 aromatic carbocycles. The number of pyridine rings is 1. The minimum atomic E-state index is -1.06. The Labute approximate surface area is 78.6 Å². The zero-order valence-electron chi connectivity index (χ0n) is 6.98. The molecule has 0 fully saturated rings. The molecule has 2 aromatic heterocycles. The number of hydrogen-bond acceptors (Lipinski definition) is 3. The molecule has 2 aromatic rings. The lowest BCUT2D eigenvalue weighted by atomic mass is 10.1. The Balaban J connectivity index is 2.90. The van der Waals surface area contributed by atoms with Gasteiger partial charge in [0.2, 0.25) is 0 Å². The number of aromatic carboxylic acids is 1. The zero-order valence-corrected chi connectivity index (χ0v) is 6.98. The van der Waals surface area contributed by atoms with Crippen LogP contribution in [0.1, 0.15) is 15.9 Å². The molecule has 0 aliphatic carbocycles. The van der Waals surface area contributed by atoms with Crippen molar-refractivity contribution in [2.45, 2.75) is 0 Å². The first-order chi connectivity index (χ1) is 6.74. The van der Waals surface area contributed by atoms with Gasteiger partial charge in [-0.15, -0.1) is 0 Å². The van der Waals surface area contributed by atoms with Gasteiger partial charge in [-0.2, -0.15) is 5.26 Å². The average molecular weight is 187 g/mol. The van der Waals surface area contributed by atoms with Gasteiger partial charge < -0.3 is 10.1 Å². The van der Waals surface area contributed by atoms with Crippen molar-refractivity contribution in [1.29, 1.82) is 5.26 Å². The second-order valence-electron chi connectivity index (χ2n) is 2.70. The number of nitrogens with zero attached hydrogens (tertiary/aromatic N) is 2. The number of aromatic amines is 1. The van der Waals surface area contributed by atoms with Crippen molar-refractivity contribution >= 4 is 17.0 Å². The van der Waals surface area contributed by atoms with Crippen LogP contribution in [-0.2, 0) is 0 Å². The average Bonchev–Trinajstić information content (AvgIpc) is 2.59. The maximum atomic E-state index is 10.8. The predicted octanol–water partition coefficient (Wildman–Crippen LogP) is 1.13. The van der Waals surface area contributed by atoms with Gasteiger partial charge in [0.15, 0.2) is 0 Å². The molecule has 0 atom stereocenters. The van der Waals surface area contributed by atoms with E-state index in [0.29, 0.717) is 16.6 Å². The van der Waals surface area contributed by atoms with E-state index in [4.69, 9.17) is 10.4 Å². The third-order valence-electron chi connectivity index (χ3n) is 1.92. The fraction of sp³-hybridized carbons (Fsp3) is 0. The summed E-state index contributed by atoms with van der Waals surface area (Å²) in [5, 5.41) is 18.0. The van der Waals surface area contributed by atoms with Crippen LogP contribution >= 0.6 is 0 Å². The number of carboxylic acids is 1. The van der Waals surface area contributed by atoms with Crippen molar-refractivity contribution < 1.29 is 9.90 Å². The molecular weight excluding hydrogens is 182 g/mol. The van der Waals surface area contributed by atoms with Gasteiger partial charge >= 0.3 is 5.97 Å². The summed E-state index contributed by atoms with van der Waals surface area (Å²) in [6, 6.07) is 3.28. The normalized spacial score (nSPS) is 9.93. The van der Waals surface area contributed by atoms with Crippen molar-refractivity contribution in [1.82, 2.24) is 9.97 Å². The van der Waals surface area contributed by atoms with Gasteiger partial charge in [0.1, 0.15) is 11.7 Å². The van der Waals surface area contributed by atoms with Crippen molar-refractivity contribution in [2.24, 2.45) is 0 Å². The van der Waals surface area contributed by atoms with Gasteiger partial charge in [-0.25, -0.2) is 9.78 Å². The van der Waals surface area contributed by atoms with Crippen LogP contribution in [0.2, 0.25) is 0 Å². The lowest BCUT2D eigenvalue weighted by molar-refractivity contribution is 0.0699. The highest BCUT2D eigenvalue weighted by Gasteiger charge is 2.13. The van der Waals surface area contributed by atoms with E-state index in [-0.39, 0.29) is 5.56 Å². The standard InChI is InChI=1S/C9H5N3O2/c10-3-5-4-12-8-7(5)6(9(13)14)1-2-11-8/h1-2,4H,(H,11,12)(H,13,14). The molecule has 0 saturated carbocycles. The summed E-state index contributed by atoms with van der Waals surface area (Å²) in [5.74, 6) is -1.06. The Bertz CT molecular complexity index is 551. The minimum absolute atomic E-state index is 0.0906. The fourth-order valence-electron chi connectivity index (χ4n) is 1.32. The van der Waals surface area contributed by atoms with Crippen LogP contribution in [0.3, 0.4) is 0 Å². The van der Waals surface area contributed by atoms with E-state index in [0.717, 1.165) is 0 Å². The highest BCUT2D eigenvalue weighted by atomic mass is 16.4. The quantitative estimate of drug-likeness (QED) is 0.700. The molecular formula is C9H5N3O2. The van der Waals surface area contributed by atoms with Gasteiger partial charge in [-0.05, 0) is 6.07 Å². The number of rotatable bonds is 1. The van der Waals surface area contributed by atoms with Crippen molar-refractivity contribution in [3.63, 3.8) is 0 Å². The van der Waals surface area contributed by atoms with Gasteiger partial charge in [0, 0.05) is 12.4 Å². The molecule has 14 heavy (non-hydrogen) atoms. The Morgan fingerprint density at radius 3 is 3.07 bits per heavy atom. The van der Waals surface area contributed by atoms with Crippen molar-refractivity contribution in [3.05, 3.63) is 29.6 Å². The zero-order chi connectivity index (χ0) is 10.1. The van der Waals surface area contributed by atoms with Crippen molar-refractivity contribution in [2.75, 3.05) is 0 Å². The number of hydrogen-bond donors (Lipinski definition) is 2. The first kappa shape index (κ1) is 8.26. The van der Waals surface area contributed by atoms with Gasteiger partial charge in [-0.3, -0.25) is 0 Å². The first-order valence-electron chi connectivity index (χ1n) is 3.83. The maximum Gasteiger partial charge on any atom is 0.336 e. The summed E-state index contributed by atoms with van der Waals surface area (Å²) in [5.41, 5.74) is 0.805. The topological polar surface area (TPSA) is 89.8 Å². The number of nitriles is 1. The van der Waals surface area contributed by atoms with Gasteiger partial charge in [0.05, 0.1) is 16.5 Å². The van der Waals surface area contributed by atoms with Gasteiger partial charge in [-0.1, -0.05) is 0 Å². The molecule has 2 N–H and O–H groups in total. The second kappa shape index (κ2) is 2.85. The Kier molecular flexibility index (Phi) is 1.68. The second-order valence-corrected chi connectivity index (χ2v) is 2.70. The van der Waals surface area contributed by atoms with Gasteiger partial charge in [0.25, 0.3) is 0 Å². The summed E-state index contributed by atoms with van der Waals surface area (Å²) < 4.78 is 0. The molecule has 0 spiro atoms. The van der Waals surface area contributed by atoms with E-state index in [2.05, 4.69) is 9.97 Å². The summed E-state index contributed by atoms with van der Waals surface area (Å²) >= 11 is 0. The van der Waals surface area contributed by atoms with E-state index in [9.17, 15) is 4.79 Å². The first-order valence-corrected chi connectivity index (χ1v) is 3.83. The molecule has 2 rings (SSSR count). The van der Waals surface area contributed by atoms with Crippen LogP contribution in [0.5, 0.6) is 0 Å². The highest BCUT2D eigenvalue weighted by molar-refractivity contribution is 6.03. The summed E-state index contributed by atoms with van der Waals surface area (Å²) in [6.45, 7) is 0. The third kappa shape index (κ3) is 1.02. The van der Waals surface area contributed by atoms with Crippen LogP contribution < -0.4 is 0 Å². The third-order valence-corrected chi connectivity index (χ3v) is 1.92.